The number of carbonyl (C=O) groups excluding carboxylic acids is 3. The topological polar surface area (TPSA) is 72.9 Å². The van der Waals surface area contributed by atoms with Gasteiger partial charge in [-0.3, -0.25) is 9.59 Å². The third kappa shape index (κ3) is 5.46. The largest absolute Gasteiger partial charge is 0.494 e. The Morgan fingerprint density at radius 2 is 1.68 bits per heavy atom. The Morgan fingerprint density at radius 1 is 1.08 bits per heavy atom. The second-order valence-corrected chi connectivity index (χ2v) is 6.45. The molecule has 7 heteroatoms. The molecule has 1 aliphatic heterocycles. The zero-order valence-corrected chi connectivity index (χ0v) is 15.2. The number of benzene rings is 1. The molecule has 0 unspecified atom stereocenters. The highest BCUT2D eigenvalue weighted by Crippen LogP contribution is 2.26. The van der Waals surface area contributed by atoms with Crippen molar-refractivity contribution in [1.29, 1.82) is 0 Å². The van der Waals surface area contributed by atoms with Crippen molar-refractivity contribution in [3.63, 3.8) is 0 Å². The molecule has 1 fully saturated rings. The summed E-state index contributed by atoms with van der Waals surface area (Å²) >= 11 is 6.12. The summed E-state index contributed by atoms with van der Waals surface area (Å²) in [5, 5.41) is 1.33. The number of ether oxygens (including phenoxy) is 1. The number of amides is 2. The van der Waals surface area contributed by atoms with Gasteiger partial charge in [0, 0.05) is 24.3 Å². The van der Waals surface area contributed by atoms with Gasteiger partial charge in [-0.25, -0.2) is 4.79 Å². The van der Waals surface area contributed by atoms with E-state index in [1.165, 1.54) is 0 Å². The quantitative estimate of drug-likeness (QED) is 0.519. The first-order valence-electron chi connectivity index (χ1n) is 8.34. The van der Waals surface area contributed by atoms with Crippen molar-refractivity contribution >= 4 is 29.4 Å². The van der Waals surface area contributed by atoms with E-state index < -0.39 is 17.8 Å². The monoisotopic (exact) mass is 367 g/mol. The van der Waals surface area contributed by atoms with Crippen molar-refractivity contribution in [2.45, 2.75) is 52.4 Å². The van der Waals surface area contributed by atoms with Gasteiger partial charge >= 0.3 is 5.97 Å². The predicted octanol–water partition coefficient (Wildman–Crippen LogP) is 3.50. The number of hydroxylamine groups is 2. The fraction of sp³-hybridized carbons (Fsp3) is 0.500. The lowest BCUT2D eigenvalue weighted by molar-refractivity contribution is -0.197. The van der Waals surface area contributed by atoms with Crippen LogP contribution in [0.1, 0.15) is 49.7 Å². The predicted molar refractivity (Wildman–Crippen MR) is 92.1 cm³/mol. The number of halogens is 1. The number of hydrogen-bond acceptors (Lipinski definition) is 5. The smallest absolute Gasteiger partial charge is 0.333 e. The number of rotatable bonds is 8. The second kappa shape index (κ2) is 8.85. The van der Waals surface area contributed by atoms with Crippen molar-refractivity contribution in [2.75, 3.05) is 6.61 Å². The average molecular weight is 368 g/mol. The molecule has 1 aromatic carbocycles. The van der Waals surface area contributed by atoms with E-state index in [4.69, 9.17) is 21.2 Å². The highest BCUT2D eigenvalue weighted by Gasteiger charge is 2.32. The molecule has 0 radical (unpaired) electrons. The van der Waals surface area contributed by atoms with Crippen molar-refractivity contribution < 1.29 is 24.0 Å². The van der Waals surface area contributed by atoms with Gasteiger partial charge < -0.3 is 9.57 Å². The molecule has 0 spiro atoms. The maximum Gasteiger partial charge on any atom is 0.333 e. The third-order valence-corrected chi connectivity index (χ3v) is 4.50. The molecule has 0 aromatic heterocycles. The van der Waals surface area contributed by atoms with E-state index in [0.717, 1.165) is 34.7 Å². The summed E-state index contributed by atoms with van der Waals surface area (Å²) in [6, 6.07) is 3.80. The molecule has 0 saturated carbocycles. The maximum absolute atomic E-state index is 11.6. The molecule has 136 valence electrons. The van der Waals surface area contributed by atoms with Crippen LogP contribution in [0.15, 0.2) is 12.1 Å². The van der Waals surface area contributed by atoms with Gasteiger partial charge in [0.15, 0.2) is 0 Å². The van der Waals surface area contributed by atoms with Crippen LogP contribution in [0.25, 0.3) is 0 Å². The molecule has 25 heavy (non-hydrogen) atoms. The normalized spacial score (nSPS) is 14.1. The van der Waals surface area contributed by atoms with Crippen LogP contribution in [-0.4, -0.2) is 29.5 Å². The van der Waals surface area contributed by atoms with Crippen LogP contribution in [-0.2, 0) is 19.2 Å². The summed E-state index contributed by atoms with van der Waals surface area (Å²) in [6.45, 7) is 4.41. The van der Waals surface area contributed by atoms with Crippen LogP contribution in [0.3, 0.4) is 0 Å². The summed E-state index contributed by atoms with van der Waals surface area (Å²) in [4.78, 5) is 39.1. The Labute approximate surface area is 152 Å². The molecule has 2 amide bonds. The minimum atomic E-state index is -0.562. The molecule has 0 N–H and O–H groups in total. The number of imide groups is 1. The molecular weight excluding hydrogens is 346 g/mol. The Morgan fingerprint density at radius 3 is 2.28 bits per heavy atom. The third-order valence-electron chi connectivity index (χ3n) is 3.90. The van der Waals surface area contributed by atoms with Crippen molar-refractivity contribution in [3.05, 3.63) is 28.3 Å². The lowest BCUT2D eigenvalue weighted by atomic mass is 10.1. The Hall–Kier alpha value is -2.08. The van der Waals surface area contributed by atoms with Gasteiger partial charge in [-0.15, -0.1) is 5.06 Å². The summed E-state index contributed by atoms with van der Waals surface area (Å²) in [6.07, 6.45) is 2.55. The van der Waals surface area contributed by atoms with Gasteiger partial charge in [-0.2, -0.15) is 0 Å². The molecule has 0 atom stereocenters. The molecule has 1 heterocycles. The van der Waals surface area contributed by atoms with Crippen LogP contribution in [0.4, 0.5) is 0 Å². The first-order chi connectivity index (χ1) is 11.9. The van der Waals surface area contributed by atoms with Crippen molar-refractivity contribution in [1.82, 2.24) is 5.06 Å². The number of carbonyl (C=O) groups is 3. The van der Waals surface area contributed by atoms with Crippen LogP contribution in [0, 0.1) is 13.8 Å². The Balaban J connectivity index is 1.61. The van der Waals surface area contributed by atoms with Crippen LogP contribution in [0.5, 0.6) is 5.75 Å². The maximum atomic E-state index is 11.6. The second-order valence-electron chi connectivity index (χ2n) is 6.08. The van der Waals surface area contributed by atoms with Crippen LogP contribution < -0.4 is 4.74 Å². The van der Waals surface area contributed by atoms with E-state index in [-0.39, 0.29) is 19.3 Å². The molecule has 6 nitrogen and oxygen atoms in total. The molecule has 0 aliphatic carbocycles. The minimum Gasteiger partial charge on any atom is -0.494 e. The number of hydrogen-bond donors (Lipinski definition) is 0. The van der Waals surface area contributed by atoms with Gasteiger partial charge in [0.1, 0.15) is 5.75 Å². The van der Waals surface area contributed by atoms with E-state index in [0.29, 0.717) is 18.1 Å². The highest BCUT2D eigenvalue weighted by molar-refractivity contribution is 6.32. The molecule has 1 aromatic rings. The van der Waals surface area contributed by atoms with Gasteiger partial charge in [-0.1, -0.05) is 11.6 Å². The fourth-order valence-electron chi connectivity index (χ4n) is 2.53. The van der Waals surface area contributed by atoms with Gasteiger partial charge in [0.2, 0.25) is 0 Å². The summed E-state index contributed by atoms with van der Waals surface area (Å²) in [7, 11) is 0. The number of unbranched alkanes of at least 4 members (excludes halogenated alkanes) is 2. The van der Waals surface area contributed by atoms with Crippen LogP contribution in [0.2, 0.25) is 5.02 Å². The number of nitrogens with zero attached hydrogens (tertiary/aromatic N) is 1. The van der Waals surface area contributed by atoms with E-state index in [2.05, 4.69) is 0 Å². The summed E-state index contributed by atoms with van der Waals surface area (Å²) in [5.74, 6) is -0.695. The van der Waals surface area contributed by atoms with E-state index in [1.54, 1.807) is 0 Å². The molecule has 2 rings (SSSR count). The van der Waals surface area contributed by atoms with E-state index in [1.807, 2.05) is 26.0 Å². The van der Waals surface area contributed by atoms with Crippen LogP contribution >= 0.6 is 11.6 Å². The Kier molecular flexibility index (Phi) is 6.82. The molecule has 0 bridgehead atoms. The fourth-order valence-corrected chi connectivity index (χ4v) is 2.64. The van der Waals surface area contributed by atoms with E-state index in [9.17, 15) is 14.4 Å². The first-order valence-corrected chi connectivity index (χ1v) is 8.72. The highest BCUT2D eigenvalue weighted by atomic mass is 35.5. The van der Waals surface area contributed by atoms with Crippen molar-refractivity contribution in [2.24, 2.45) is 0 Å². The zero-order valence-electron chi connectivity index (χ0n) is 14.5. The van der Waals surface area contributed by atoms with Gasteiger partial charge in [0.25, 0.3) is 11.8 Å². The first kappa shape index (κ1) is 19.2. The average Bonchev–Trinajstić information content (AvgIpc) is 2.87. The van der Waals surface area contributed by atoms with Gasteiger partial charge in [0.05, 0.1) is 6.61 Å². The lowest BCUT2D eigenvalue weighted by Gasteiger charge is -2.12. The lowest BCUT2D eigenvalue weighted by Crippen LogP contribution is -2.31. The van der Waals surface area contributed by atoms with E-state index >= 15 is 0 Å². The standard InChI is InChI=1S/C18H22ClNO5/c1-12-10-14(11-13(2)18(12)19)24-9-5-3-4-6-17(23)25-20-15(21)7-8-16(20)22/h10-11H,3-9H2,1-2H3. The molecule has 1 aliphatic rings. The SMILES string of the molecule is Cc1cc(OCCCCCC(=O)ON2C(=O)CCC2=O)cc(C)c1Cl. The minimum absolute atomic E-state index is 0.104. The van der Waals surface area contributed by atoms with Gasteiger partial charge in [-0.05, 0) is 56.4 Å². The van der Waals surface area contributed by atoms with Crippen molar-refractivity contribution in [3.8, 4) is 5.75 Å². The Bertz CT molecular complexity index is 634. The molecule has 1 saturated heterocycles. The summed E-state index contributed by atoms with van der Waals surface area (Å²) in [5.41, 5.74) is 1.95. The molecular formula is C18H22ClNO5. The summed E-state index contributed by atoms with van der Waals surface area (Å²) < 4.78 is 5.69. The zero-order chi connectivity index (χ0) is 18.4. The number of aryl methyl sites for hydroxylation is 2.